The topological polar surface area (TPSA) is 85.8 Å². The third kappa shape index (κ3) is 5.30. The fourth-order valence-corrected chi connectivity index (χ4v) is 5.38. The van der Waals surface area contributed by atoms with Crippen molar-refractivity contribution in [3.05, 3.63) is 42.1 Å². The van der Waals surface area contributed by atoms with E-state index in [9.17, 15) is 13.2 Å². The molecule has 1 aromatic heterocycles. The molecule has 0 saturated carbocycles. The Hall–Kier alpha value is -2.65. The lowest BCUT2D eigenvalue weighted by Gasteiger charge is -2.30. The average Bonchev–Trinajstić information content (AvgIpc) is 2.85. The summed E-state index contributed by atoms with van der Waals surface area (Å²) in [7, 11) is -0.676. The predicted molar refractivity (Wildman–Crippen MR) is 132 cm³/mol. The van der Waals surface area contributed by atoms with Crippen molar-refractivity contribution in [2.75, 3.05) is 55.4 Å². The maximum atomic E-state index is 13.3. The predicted octanol–water partition coefficient (Wildman–Crippen LogP) is 3.56. The number of pyridine rings is 1. The number of piperidine rings is 2. The zero-order valence-electron chi connectivity index (χ0n) is 19.5. The number of hydrogen-bond donors (Lipinski definition) is 1. The number of hydrogen-bond acceptors (Lipinski definition) is 6. The van der Waals surface area contributed by atoms with Gasteiger partial charge >= 0.3 is 0 Å². The van der Waals surface area contributed by atoms with E-state index in [4.69, 9.17) is 0 Å². The van der Waals surface area contributed by atoms with Gasteiger partial charge in [0.2, 0.25) is 10.0 Å². The number of amides is 1. The summed E-state index contributed by atoms with van der Waals surface area (Å²) in [6.45, 7) is 3.72. The Balaban J connectivity index is 1.60. The van der Waals surface area contributed by atoms with Crippen molar-refractivity contribution in [2.45, 2.75) is 43.4 Å². The van der Waals surface area contributed by atoms with Gasteiger partial charge in [-0.05, 0) is 68.9 Å². The van der Waals surface area contributed by atoms with Gasteiger partial charge in [-0.25, -0.2) is 17.7 Å². The van der Waals surface area contributed by atoms with Gasteiger partial charge in [-0.1, -0.05) is 0 Å². The number of sulfonamides is 1. The highest BCUT2D eigenvalue weighted by Gasteiger charge is 2.24. The molecule has 33 heavy (non-hydrogen) atoms. The van der Waals surface area contributed by atoms with E-state index < -0.39 is 10.0 Å². The molecular formula is C24H33N5O3S. The summed E-state index contributed by atoms with van der Waals surface area (Å²) in [5.74, 6) is 0.583. The Kier molecular flexibility index (Phi) is 7.19. The second kappa shape index (κ2) is 10.1. The molecular weight excluding hydrogens is 438 g/mol. The van der Waals surface area contributed by atoms with E-state index >= 15 is 0 Å². The zero-order valence-corrected chi connectivity index (χ0v) is 20.3. The highest BCUT2D eigenvalue weighted by Crippen LogP contribution is 2.29. The SMILES string of the molecule is CN(C)S(=O)(=O)c1ccc(N2CCCCC2)c(C(=O)Nc2ccc(N3CCCCC3)nc2)c1. The fraction of sp³-hybridized carbons (Fsp3) is 0.500. The van der Waals surface area contributed by atoms with E-state index in [0.717, 1.165) is 54.8 Å². The number of benzene rings is 1. The molecule has 0 aliphatic carbocycles. The maximum absolute atomic E-state index is 13.3. The molecule has 9 heteroatoms. The number of anilines is 3. The van der Waals surface area contributed by atoms with Gasteiger partial charge in [0, 0.05) is 46.0 Å². The van der Waals surface area contributed by atoms with Gasteiger partial charge in [0.25, 0.3) is 5.91 Å². The minimum absolute atomic E-state index is 0.108. The molecule has 1 aromatic carbocycles. The summed E-state index contributed by atoms with van der Waals surface area (Å²) in [6, 6.07) is 8.62. The van der Waals surface area contributed by atoms with Crippen molar-refractivity contribution in [1.29, 1.82) is 0 Å². The summed E-state index contributed by atoms with van der Waals surface area (Å²) in [6.07, 6.45) is 8.55. The summed E-state index contributed by atoms with van der Waals surface area (Å²) in [4.78, 5) is 22.4. The summed E-state index contributed by atoms with van der Waals surface area (Å²) >= 11 is 0. The molecule has 2 saturated heterocycles. The van der Waals surface area contributed by atoms with Crippen LogP contribution in [0.3, 0.4) is 0 Å². The molecule has 178 valence electrons. The first-order valence-electron chi connectivity index (χ1n) is 11.7. The van der Waals surface area contributed by atoms with Crippen molar-refractivity contribution in [1.82, 2.24) is 9.29 Å². The van der Waals surface area contributed by atoms with Crippen LogP contribution in [-0.4, -0.2) is 63.9 Å². The molecule has 1 amide bonds. The van der Waals surface area contributed by atoms with Crippen LogP contribution in [0.4, 0.5) is 17.2 Å². The third-order valence-electron chi connectivity index (χ3n) is 6.37. The van der Waals surface area contributed by atoms with Gasteiger partial charge in [0.1, 0.15) is 5.82 Å². The molecule has 0 bridgehead atoms. The van der Waals surface area contributed by atoms with Crippen LogP contribution in [-0.2, 0) is 10.0 Å². The van der Waals surface area contributed by atoms with Crippen LogP contribution in [0.5, 0.6) is 0 Å². The molecule has 3 heterocycles. The van der Waals surface area contributed by atoms with Gasteiger partial charge in [0.05, 0.1) is 22.3 Å². The summed E-state index contributed by atoms with van der Waals surface area (Å²) < 4.78 is 26.6. The Morgan fingerprint density at radius 3 is 2.12 bits per heavy atom. The first-order chi connectivity index (χ1) is 15.9. The van der Waals surface area contributed by atoms with E-state index in [0.29, 0.717) is 11.3 Å². The molecule has 0 spiro atoms. The molecule has 0 radical (unpaired) electrons. The molecule has 2 aliphatic rings. The molecule has 1 N–H and O–H groups in total. The fourth-order valence-electron chi connectivity index (χ4n) is 4.45. The number of rotatable bonds is 6. The van der Waals surface area contributed by atoms with Crippen LogP contribution in [0.25, 0.3) is 0 Å². The van der Waals surface area contributed by atoms with E-state index in [-0.39, 0.29) is 10.8 Å². The first-order valence-corrected chi connectivity index (χ1v) is 13.1. The smallest absolute Gasteiger partial charge is 0.257 e. The second-order valence-corrected chi connectivity index (χ2v) is 11.1. The van der Waals surface area contributed by atoms with Gasteiger partial charge in [0.15, 0.2) is 0 Å². The number of carbonyl (C=O) groups excluding carboxylic acids is 1. The van der Waals surface area contributed by atoms with Crippen molar-refractivity contribution >= 4 is 33.1 Å². The van der Waals surface area contributed by atoms with Gasteiger partial charge < -0.3 is 15.1 Å². The van der Waals surface area contributed by atoms with Crippen LogP contribution in [0.15, 0.2) is 41.4 Å². The number of nitrogens with zero attached hydrogens (tertiary/aromatic N) is 4. The van der Waals surface area contributed by atoms with Crippen molar-refractivity contribution in [2.24, 2.45) is 0 Å². The van der Waals surface area contributed by atoms with Crippen molar-refractivity contribution < 1.29 is 13.2 Å². The van der Waals surface area contributed by atoms with Crippen LogP contribution >= 0.6 is 0 Å². The second-order valence-electron chi connectivity index (χ2n) is 8.92. The minimum atomic E-state index is -3.65. The summed E-state index contributed by atoms with van der Waals surface area (Å²) in [5, 5.41) is 2.92. The lowest BCUT2D eigenvalue weighted by atomic mass is 10.1. The van der Waals surface area contributed by atoms with Crippen molar-refractivity contribution in [3.8, 4) is 0 Å². The normalized spacial score (nSPS) is 17.3. The monoisotopic (exact) mass is 471 g/mol. The lowest BCUT2D eigenvalue weighted by molar-refractivity contribution is 0.102. The Labute approximate surface area is 196 Å². The first kappa shape index (κ1) is 23.5. The lowest BCUT2D eigenvalue weighted by Crippen LogP contribution is -2.32. The van der Waals surface area contributed by atoms with Crippen LogP contribution in [0.2, 0.25) is 0 Å². The molecule has 2 aliphatic heterocycles. The average molecular weight is 472 g/mol. The zero-order chi connectivity index (χ0) is 23.4. The van der Waals surface area contributed by atoms with Gasteiger partial charge in [-0.15, -0.1) is 0 Å². The Bertz CT molecular complexity index is 1070. The number of carbonyl (C=O) groups is 1. The highest BCUT2D eigenvalue weighted by atomic mass is 32.2. The molecule has 4 rings (SSSR count). The standard InChI is InChI=1S/C24H33N5O3S/c1-27(2)33(31,32)20-10-11-22(28-13-5-3-6-14-28)21(17-20)24(30)26-19-9-12-23(25-18-19)29-15-7-4-8-16-29/h9-12,17-18H,3-8,13-16H2,1-2H3,(H,26,30). The van der Waals surface area contributed by atoms with Gasteiger partial charge in [-0.3, -0.25) is 4.79 Å². The quantitative estimate of drug-likeness (QED) is 0.693. The van der Waals surface area contributed by atoms with E-state index in [2.05, 4.69) is 20.1 Å². The highest BCUT2D eigenvalue weighted by molar-refractivity contribution is 7.89. The van der Waals surface area contributed by atoms with Crippen LogP contribution in [0, 0.1) is 0 Å². The molecule has 0 atom stereocenters. The molecule has 0 unspecified atom stereocenters. The Morgan fingerprint density at radius 1 is 0.909 bits per heavy atom. The van der Waals surface area contributed by atoms with Crippen LogP contribution in [0.1, 0.15) is 48.9 Å². The largest absolute Gasteiger partial charge is 0.371 e. The number of nitrogens with one attached hydrogen (secondary N) is 1. The number of aromatic nitrogens is 1. The van der Waals surface area contributed by atoms with Gasteiger partial charge in [-0.2, -0.15) is 0 Å². The van der Waals surface area contributed by atoms with E-state index in [1.165, 1.54) is 45.8 Å². The maximum Gasteiger partial charge on any atom is 0.257 e. The van der Waals surface area contributed by atoms with Crippen LogP contribution < -0.4 is 15.1 Å². The van der Waals surface area contributed by atoms with E-state index in [1.54, 1.807) is 18.3 Å². The molecule has 2 aromatic rings. The molecule has 2 fully saturated rings. The molecule has 8 nitrogen and oxygen atoms in total. The third-order valence-corrected chi connectivity index (χ3v) is 8.18. The minimum Gasteiger partial charge on any atom is -0.371 e. The summed E-state index contributed by atoms with van der Waals surface area (Å²) in [5.41, 5.74) is 1.72. The van der Waals surface area contributed by atoms with E-state index in [1.807, 2.05) is 12.1 Å². The van der Waals surface area contributed by atoms with Crippen molar-refractivity contribution in [3.63, 3.8) is 0 Å². The Morgan fingerprint density at radius 2 is 1.55 bits per heavy atom.